The van der Waals surface area contributed by atoms with Gasteiger partial charge in [-0.1, -0.05) is 47.7 Å². The van der Waals surface area contributed by atoms with Crippen molar-refractivity contribution in [2.24, 2.45) is 5.10 Å². The Morgan fingerprint density at radius 3 is 2.35 bits per heavy atom. The van der Waals surface area contributed by atoms with Crippen LogP contribution < -0.4 is 19.5 Å². The lowest BCUT2D eigenvalue weighted by atomic mass is 10.00. The van der Waals surface area contributed by atoms with Gasteiger partial charge in [0.25, 0.3) is 11.8 Å². The fraction of sp³-hybridized carbons (Fsp3) is 0.250. The molecular weight excluding hydrogens is 661 g/mol. The highest BCUT2D eigenvalue weighted by Crippen LogP contribution is 2.35. The maximum atomic E-state index is 13.9. The van der Waals surface area contributed by atoms with E-state index in [4.69, 9.17) is 19.3 Å². The highest BCUT2D eigenvalue weighted by molar-refractivity contribution is 7.99. The molecule has 252 valence electrons. The molecule has 2 amide bonds. The van der Waals surface area contributed by atoms with Crippen molar-refractivity contribution in [1.82, 2.24) is 25.1 Å². The molecule has 0 bridgehead atoms. The van der Waals surface area contributed by atoms with Crippen molar-refractivity contribution in [3.63, 3.8) is 0 Å². The average Bonchev–Trinajstić information content (AvgIpc) is 3.91. The second kappa shape index (κ2) is 15.4. The SMILES string of the molecule is CCOc1ccc(-n2c(CNC(=O)c3cc(OC)cc(OC)c3)nnc2SCC(=O)N2N=C(c3cccs3)CC2c2ccc(C)cc2)cc1. The number of thiophene rings is 1. The lowest BCUT2D eigenvalue weighted by molar-refractivity contribution is -0.130. The summed E-state index contributed by atoms with van der Waals surface area (Å²) in [7, 11) is 3.06. The third-order valence-electron chi connectivity index (χ3n) is 7.89. The number of aromatic nitrogens is 3. The van der Waals surface area contributed by atoms with Crippen LogP contribution in [0.3, 0.4) is 0 Å². The molecule has 0 saturated carbocycles. The van der Waals surface area contributed by atoms with Crippen LogP contribution >= 0.6 is 23.1 Å². The van der Waals surface area contributed by atoms with E-state index in [0.29, 0.717) is 41.1 Å². The summed E-state index contributed by atoms with van der Waals surface area (Å²) in [5.74, 6) is 1.80. The number of carbonyl (C=O) groups excluding carboxylic acids is 2. The zero-order valence-corrected chi connectivity index (χ0v) is 29.2. The standard InChI is InChI=1S/C36H36N6O5S2/c1-5-47-27-14-12-26(13-15-27)41-33(21-37-35(44)25-17-28(45-3)19-29(18-25)46-4)38-39-36(41)49-22-34(43)42-31(24-10-8-23(2)9-11-24)20-30(40-42)32-7-6-16-48-32/h6-19,31H,5,20-22H2,1-4H3,(H,37,44). The summed E-state index contributed by atoms with van der Waals surface area (Å²) in [6.45, 7) is 4.58. The first-order chi connectivity index (χ1) is 23.9. The predicted molar refractivity (Wildman–Crippen MR) is 190 cm³/mol. The number of hydrogen-bond donors (Lipinski definition) is 1. The van der Waals surface area contributed by atoms with Crippen LogP contribution in [0, 0.1) is 6.92 Å². The molecule has 0 spiro atoms. The Hall–Kier alpha value is -5.14. The molecule has 0 radical (unpaired) electrons. The molecule has 49 heavy (non-hydrogen) atoms. The Labute approximate surface area is 292 Å². The third kappa shape index (κ3) is 7.79. The molecule has 1 aliphatic heterocycles. The van der Waals surface area contributed by atoms with Gasteiger partial charge in [-0.2, -0.15) is 5.10 Å². The average molecular weight is 697 g/mol. The van der Waals surface area contributed by atoms with Crippen molar-refractivity contribution in [3.05, 3.63) is 112 Å². The second-order valence-corrected chi connectivity index (χ2v) is 13.0. The molecule has 1 unspecified atom stereocenters. The Balaban J connectivity index is 1.24. The highest BCUT2D eigenvalue weighted by atomic mass is 32.2. The van der Waals surface area contributed by atoms with E-state index in [2.05, 4.69) is 39.8 Å². The summed E-state index contributed by atoms with van der Waals surface area (Å²) in [4.78, 5) is 28.1. The number of hydrazone groups is 1. The van der Waals surface area contributed by atoms with Crippen LogP contribution in [0.1, 0.15) is 51.6 Å². The smallest absolute Gasteiger partial charge is 0.253 e. The van der Waals surface area contributed by atoms with E-state index in [-0.39, 0.29) is 30.2 Å². The molecule has 2 aromatic heterocycles. The summed E-state index contributed by atoms with van der Waals surface area (Å²) in [5, 5.41) is 20.7. The van der Waals surface area contributed by atoms with E-state index in [1.165, 1.54) is 26.0 Å². The van der Waals surface area contributed by atoms with E-state index in [1.807, 2.05) is 60.2 Å². The maximum Gasteiger partial charge on any atom is 0.253 e. The molecule has 1 N–H and O–H groups in total. The topological polar surface area (TPSA) is 120 Å². The summed E-state index contributed by atoms with van der Waals surface area (Å²) in [5.41, 5.74) is 4.21. The molecule has 5 aromatic rings. The van der Waals surface area contributed by atoms with Gasteiger partial charge in [0.1, 0.15) is 17.2 Å². The molecule has 13 heteroatoms. The minimum atomic E-state index is -0.335. The summed E-state index contributed by atoms with van der Waals surface area (Å²) in [6, 6.07) is 24.5. The molecule has 1 aliphatic rings. The number of amides is 2. The monoisotopic (exact) mass is 696 g/mol. The Morgan fingerprint density at radius 2 is 1.69 bits per heavy atom. The first-order valence-electron chi connectivity index (χ1n) is 15.7. The Morgan fingerprint density at radius 1 is 0.959 bits per heavy atom. The number of thioether (sulfide) groups is 1. The number of rotatable bonds is 13. The molecule has 0 saturated heterocycles. The van der Waals surface area contributed by atoms with Crippen molar-refractivity contribution in [2.75, 3.05) is 26.6 Å². The third-order valence-corrected chi connectivity index (χ3v) is 9.72. The van der Waals surface area contributed by atoms with Gasteiger partial charge in [0.2, 0.25) is 0 Å². The van der Waals surface area contributed by atoms with Crippen molar-refractivity contribution < 1.29 is 23.8 Å². The maximum absolute atomic E-state index is 13.9. The van der Waals surface area contributed by atoms with Crippen LogP contribution in [0.4, 0.5) is 0 Å². The van der Waals surface area contributed by atoms with Crippen molar-refractivity contribution in [3.8, 4) is 22.9 Å². The zero-order chi connectivity index (χ0) is 34.3. The van der Waals surface area contributed by atoms with Crippen molar-refractivity contribution in [2.45, 2.75) is 38.0 Å². The number of nitrogens with zero attached hydrogens (tertiary/aromatic N) is 5. The van der Waals surface area contributed by atoms with Gasteiger partial charge in [-0.15, -0.1) is 21.5 Å². The number of ether oxygens (including phenoxy) is 3. The van der Waals surface area contributed by atoms with E-state index < -0.39 is 0 Å². The number of aryl methyl sites for hydroxylation is 1. The molecule has 0 aliphatic carbocycles. The van der Waals surface area contributed by atoms with Gasteiger partial charge in [-0.25, -0.2) is 5.01 Å². The number of benzene rings is 3. The number of methoxy groups -OCH3 is 2. The van der Waals surface area contributed by atoms with Gasteiger partial charge in [0, 0.05) is 23.7 Å². The molecule has 3 aromatic carbocycles. The number of nitrogens with one attached hydrogen (secondary N) is 1. The molecule has 0 fully saturated rings. The summed E-state index contributed by atoms with van der Waals surface area (Å²) < 4.78 is 18.1. The largest absolute Gasteiger partial charge is 0.497 e. The minimum Gasteiger partial charge on any atom is -0.497 e. The Kier molecular flexibility index (Phi) is 10.6. The van der Waals surface area contributed by atoms with Gasteiger partial charge in [0.05, 0.1) is 49.8 Å². The predicted octanol–water partition coefficient (Wildman–Crippen LogP) is 6.45. The molecule has 6 rings (SSSR count). The van der Waals surface area contributed by atoms with E-state index in [0.717, 1.165) is 33.2 Å². The summed E-state index contributed by atoms with van der Waals surface area (Å²) in [6.07, 6.45) is 0.630. The Bertz CT molecular complexity index is 1920. The first kappa shape index (κ1) is 33.7. The normalized spacial score (nSPS) is 14.0. The minimum absolute atomic E-state index is 0.0726. The van der Waals surface area contributed by atoms with Crippen molar-refractivity contribution in [1.29, 1.82) is 0 Å². The second-order valence-electron chi connectivity index (χ2n) is 11.1. The number of hydrogen-bond acceptors (Lipinski definition) is 10. The molecule has 1 atom stereocenters. The number of carbonyl (C=O) groups is 2. The summed E-state index contributed by atoms with van der Waals surface area (Å²) >= 11 is 2.88. The van der Waals surface area contributed by atoms with Gasteiger partial charge >= 0.3 is 0 Å². The molecular formula is C36H36N6O5S2. The fourth-order valence-corrected chi connectivity index (χ4v) is 6.94. The van der Waals surface area contributed by atoms with Gasteiger partial charge in [-0.05, 0) is 67.3 Å². The van der Waals surface area contributed by atoms with E-state index >= 15 is 0 Å². The highest BCUT2D eigenvalue weighted by Gasteiger charge is 2.33. The zero-order valence-electron chi connectivity index (χ0n) is 27.6. The van der Waals surface area contributed by atoms with E-state index in [1.54, 1.807) is 34.5 Å². The van der Waals surface area contributed by atoms with Gasteiger partial charge in [-0.3, -0.25) is 14.2 Å². The molecule has 11 nitrogen and oxygen atoms in total. The van der Waals surface area contributed by atoms with Crippen LogP contribution in [0.15, 0.2) is 94.5 Å². The van der Waals surface area contributed by atoms with Crippen LogP contribution in [0.5, 0.6) is 17.2 Å². The lowest BCUT2D eigenvalue weighted by Crippen LogP contribution is -2.28. The fourth-order valence-electron chi connectivity index (χ4n) is 5.40. The lowest BCUT2D eigenvalue weighted by Gasteiger charge is -2.22. The first-order valence-corrected chi connectivity index (χ1v) is 17.5. The van der Waals surface area contributed by atoms with Gasteiger partial charge in [0.15, 0.2) is 11.0 Å². The van der Waals surface area contributed by atoms with Crippen molar-refractivity contribution >= 4 is 40.6 Å². The van der Waals surface area contributed by atoms with Crippen LogP contribution in [0.25, 0.3) is 5.69 Å². The van der Waals surface area contributed by atoms with Crippen LogP contribution in [-0.2, 0) is 11.3 Å². The quantitative estimate of drug-likeness (QED) is 0.140. The van der Waals surface area contributed by atoms with E-state index in [9.17, 15) is 9.59 Å². The molecule has 3 heterocycles. The van der Waals surface area contributed by atoms with Crippen LogP contribution in [-0.4, -0.2) is 63.9 Å². The van der Waals surface area contributed by atoms with Crippen LogP contribution in [0.2, 0.25) is 0 Å². The van der Waals surface area contributed by atoms with Gasteiger partial charge < -0.3 is 19.5 Å².